The lowest BCUT2D eigenvalue weighted by atomic mass is 10.0. The summed E-state index contributed by atoms with van der Waals surface area (Å²) in [4.78, 5) is 15.7. The van der Waals surface area contributed by atoms with E-state index in [1.54, 1.807) is 13.8 Å². The number of esters is 1. The smallest absolute Gasteiger partial charge is 0.335 e. The molecule has 1 rings (SSSR count). The van der Waals surface area contributed by atoms with Gasteiger partial charge in [-0.1, -0.05) is 12.2 Å². The van der Waals surface area contributed by atoms with E-state index in [4.69, 9.17) is 22.2 Å². The lowest BCUT2D eigenvalue weighted by Gasteiger charge is -2.13. The van der Waals surface area contributed by atoms with Gasteiger partial charge in [-0.25, -0.2) is 9.79 Å². The molecular formula is C10H10N2O2S. The molecule has 0 N–H and O–H groups in total. The first-order valence-corrected chi connectivity index (χ1v) is 4.89. The zero-order chi connectivity index (χ0) is 11.4. The Morgan fingerprint density at radius 3 is 2.93 bits per heavy atom. The van der Waals surface area contributed by atoms with Gasteiger partial charge in [-0.3, -0.25) is 0 Å². The Bertz CT molecular complexity index is 416. The van der Waals surface area contributed by atoms with Gasteiger partial charge in [0.25, 0.3) is 0 Å². The van der Waals surface area contributed by atoms with Gasteiger partial charge in [0.05, 0.1) is 17.8 Å². The van der Waals surface area contributed by atoms with Crippen molar-refractivity contribution in [3.63, 3.8) is 0 Å². The Labute approximate surface area is 93.3 Å². The maximum Gasteiger partial charge on any atom is 0.335 e. The first-order chi connectivity index (χ1) is 7.10. The third-order valence-electron chi connectivity index (χ3n) is 1.87. The highest BCUT2D eigenvalue weighted by Gasteiger charge is 2.24. The summed E-state index contributed by atoms with van der Waals surface area (Å²) in [5.41, 5.74) is 1.20. The number of carbonyl (C=O) groups is 1. The molecule has 4 nitrogen and oxygen atoms in total. The molecule has 0 atom stereocenters. The highest BCUT2D eigenvalue weighted by atomic mass is 32.1. The molecule has 0 saturated carbocycles. The number of carbonyl (C=O) groups excluding carboxylic acids is 1. The molecule has 0 unspecified atom stereocenters. The van der Waals surface area contributed by atoms with Gasteiger partial charge in [0, 0.05) is 12.1 Å². The molecule has 1 aliphatic heterocycles. The molecular weight excluding hydrogens is 212 g/mol. The van der Waals surface area contributed by atoms with Crippen molar-refractivity contribution in [2.24, 2.45) is 4.99 Å². The molecule has 0 aromatic rings. The van der Waals surface area contributed by atoms with Crippen LogP contribution in [0.15, 0.2) is 16.1 Å². The molecule has 0 aromatic carbocycles. The largest absolute Gasteiger partial charge is 0.463 e. The molecule has 1 heterocycles. The van der Waals surface area contributed by atoms with Crippen LogP contribution in [0.4, 0.5) is 0 Å². The van der Waals surface area contributed by atoms with Crippen LogP contribution in [-0.2, 0) is 9.53 Å². The third kappa shape index (κ3) is 2.48. The quantitative estimate of drug-likeness (QED) is 0.525. The van der Waals surface area contributed by atoms with Crippen LogP contribution in [0.1, 0.15) is 20.3 Å². The Kier molecular flexibility index (Phi) is 3.69. The Hall–Kier alpha value is -1.54. The van der Waals surface area contributed by atoms with Crippen molar-refractivity contribution < 1.29 is 9.53 Å². The van der Waals surface area contributed by atoms with E-state index in [1.165, 1.54) is 0 Å². The van der Waals surface area contributed by atoms with Gasteiger partial charge in [-0.05, 0) is 13.8 Å². The minimum atomic E-state index is -0.481. The molecule has 0 radical (unpaired) electrons. The van der Waals surface area contributed by atoms with Crippen molar-refractivity contribution in [1.29, 1.82) is 5.26 Å². The lowest BCUT2D eigenvalue weighted by Crippen LogP contribution is -2.19. The fourth-order valence-corrected chi connectivity index (χ4v) is 1.57. The van der Waals surface area contributed by atoms with Crippen molar-refractivity contribution in [2.75, 3.05) is 6.61 Å². The van der Waals surface area contributed by atoms with Crippen molar-refractivity contribution in [3.05, 3.63) is 11.1 Å². The normalized spacial score (nSPS) is 15.8. The Balaban J connectivity index is 3.07. The third-order valence-corrected chi connectivity index (χ3v) is 2.17. The van der Waals surface area contributed by atoms with Crippen molar-refractivity contribution in [1.82, 2.24) is 0 Å². The highest BCUT2D eigenvalue weighted by Crippen LogP contribution is 2.19. The molecule has 5 heteroatoms. The standard InChI is InChI=1S/C10H10N2O2S/c1-3-14-10(13)7-4-6(2)12-9(15)8(7)5-11/h3-4H2,1-2H3. The van der Waals surface area contributed by atoms with Crippen LogP contribution >= 0.6 is 12.2 Å². The van der Waals surface area contributed by atoms with Gasteiger partial charge < -0.3 is 4.74 Å². The summed E-state index contributed by atoms with van der Waals surface area (Å²) in [6.07, 6.45) is 0.335. The summed E-state index contributed by atoms with van der Waals surface area (Å²) in [7, 11) is 0. The van der Waals surface area contributed by atoms with Gasteiger partial charge in [0.1, 0.15) is 11.1 Å². The molecule has 15 heavy (non-hydrogen) atoms. The number of thiocarbonyl (C=S) groups is 1. The first-order valence-electron chi connectivity index (χ1n) is 4.49. The van der Waals surface area contributed by atoms with E-state index in [9.17, 15) is 4.79 Å². The van der Waals surface area contributed by atoms with Gasteiger partial charge in [0.15, 0.2) is 0 Å². The summed E-state index contributed by atoms with van der Waals surface area (Å²) >= 11 is 4.91. The van der Waals surface area contributed by atoms with E-state index in [1.807, 2.05) is 6.07 Å². The number of rotatable bonds is 2. The van der Waals surface area contributed by atoms with Crippen LogP contribution < -0.4 is 0 Å². The molecule has 1 aliphatic rings. The zero-order valence-corrected chi connectivity index (χ0v) is 9.35. The molecule has 0 amide bonds. The predicted molar refractivity (Wildman–Crippen MR) is 59.6 cm³/mol. The molecule has 0 aliphatic carbocycles. The summed E-state index contributed by atoms with van der Waals surface area (Å²) in [6, 6.07) is 1.89. The number of nitrogens with zero attached hydrogens (tertiary/aromatic N) is 2. The average molecular weight is 222 g/mol. The Morgan fingerprint density at radius 2 is 2.40 bits per heavy atom. The van der Waals surface area contributed by atoms with E-state index in [2.05, 4.69) is 4.99 Å². The monoisotopic (exact) mass is 222 g/mol. The highest BCUT2D eigenvalue weighted by molar-refractivity contribution is 7.80. The number of aliphatic imine (C=N–C) groups is 1. The number of dihydropyridines is 1. The second kappa shape index (κ2) is 4.80. The summed E-state index contributed by atoms with van der Waals surface area (Å²) in [6.45, 7) is 3.76. The molecule has 0 fully saturated rings. The van der Waals surface area contributed by atoms with E-state index in [0.29, 0.717) is 12.0 Å². The SMILES string of the molecule is CCOC(=O)C1=C(C#N)C(=S)N=C(C)C1. The summed E-state index contributed by atoms with van der Waals surface area (Å²) in [5, 5.41) is 8.86. The number of nitriles is 1. The van der Waals surface area contributed by atoms with Crippen molar-refractivity contribution in [2.45, 2.75) is 20.3 Å². The fourth-order valence-electron chi connectivity index (χ4n) is 1.25. The van der Waals surface area contributed by atoms with Crippen LogP contribution in [0.5, 0.6) is 0 Å². The van der Waals surface area contributed by atoms with E-state index in [0.717, 1.165) is 5.71 Å². The van der Waals surface area contributed by atoms with Crippen LogP contribution in [0.25, 0.3) is 0 Å². The van der Waals surface area contributed by atoms with E-state index >= 15 is 0 Å². The minimum absolute atomic E-state index is 0.161. The van der Waals surface area contributed by atoms with E-state index < -0.39 is 5.97 Å². The van der Waals surface area contributed by atoms with Gasteiger partial charge >= 0.3 is 5.97 Å². The molecule has 0 bridgehead atoms. The Morgan fingerprint density at radius 1 is 1.73 bits per heavy atom. The molecule has 0 aromatic heterocycles. The van der Waals surface area contributed by atoms with Gasteiger partial charge in [0.2, 0.25) is 0 Å². The van der Waals surface area contributed by atoms with Crippen LogP contribution in [0.2, 0.25) is 0 Å². The van der Waals surface area contributed by atoms with Crippen LogP contribution in [-0.4, -0.2) is 23.3 Å². The lowest BCUT2D eigenvalue weighted by molar-refractivity contribution is -0.138. The van der Waals surface area contributed by atoms with Crippen molar-refractivity contribution in [3.8, 4) is 6.07 Å². The topological polar surface area (TPSA) is 62.5 Å². The predicted octanol–water partition coefficient (Wildman–Crippen LogP) is 1.56. The van der Waals surface area contributed by atoms with Crippen LogP contribution in [0.3, 0.4) is 0 Å². The fraction of sp³-hybridized carbons (Fsp3) is 0.400. The molecule has 78 valence electrons. The molecule has 0 spiro atoms. The number of hydrogen-bond donors (Lipinski definition) is 0. The van der Waals surface area contributed by atoms with E-state index in [-0.39, 0.29) is 17.2 Å². The second-order valence-corrected chi connectivity index (χ2v) is 3.40. The first kappa shape index (κ1) is 11.5. The van der Waals surface area contributed by atoms with Crippen LogP contribution in [0, 0.1) is 11.3 Å². The second-order valence-electron chi connectivity index (χ2n) is 3.01. The van der Waals surface area contributed by atoms with Crippen molar-refractivity contribution >= 4 is 28.9 Å². The maximum atomic E-state index is 11.5. The molecule has 0 saturated heterocycles. The summed E-state index contributed by atoms with van der Waals surface area (Å²) in [5.74, 6) is -0.481. The van der Waals surface area contributed by atoms with Gasteiger partial charge in [-0.2, -0.15) is 5.26 Å². The van der Waals surface area contributed by atoms with Gasteiger partial charge in [-0.15, -0.1) is 0 Å². The number of ether oxygens (including phenoxy) is 1. The minimum Gasteiger partial charge on any atom is -0.463 e. The maximum absolute atomic E-state index is 11.5. The average Bonchev–Trinajstić information content (AvgIpc) is 2.17. The zero-order valence-electron chi connectivity index (χ0n) is 8.53. The summed E-state index contributed by atoms with van der Waals surface area (Å²) < 4.78 is 4.85. The number of hydrogen-bond acceptors (Lipinski definition) is 4.